The molecule has 132 valence electrons. The number of aromatic nitrogens is 3. The van der Waals surface area contributed by atoms with Gasteiger partial charge >= 0.3 is 0 Å². The van der Waals surface area contributed by atoms with Crippen LogP contribution in [-0.4, -0.2) is 25.6 Å². The Hall–Kier alpha value is -2.97. The van der Waals surface area contributed by atoms with Crippen LogP contribution in [0.5, 0.6) is 0 Å². The molecule has 0 bridgehead atoms. The maximum absolute atomic E-state index is 12.2. The Morgan fingerprint density at radius 1 is 1.23 bits per heavy atom. The van der Waals surface area contributed by atoms with E-state index in [0.717, 1.165) is 5.56 Å². The van der Waals surface area contributed by atoms with E-state index in [1.54, 1.807) is 18.2 Å². The number of nitrogens with one attached hydrogen (secondary N) is 1. The van der Waals surface area contributed by atoms with Gasteiger partial charge in [0.1, 0.15) is 6.33 Å². The molecule has 0 aliphatic rings. The first kappa shape index (κ1) is 17.8. The molecule has 1 aromatic heterocycles. The highest BCUT2D eigenvalue weighted by atomic mass is 35.5. The lowest BCUT2D eigenvalue weighted by atomic mass is 10.2. The maximum atomic E-state index is 12.2. The predicted octanol–water partition coefficient (Wildman–Crippen LogP) is 3.79. The molecule has 0 atom stereocenters. The van der Waals surface area contributed by atoms with E-state index in [1.807, 2.05) is 0 Å². The van der Waals surface area contributed by atoms with Crippen molar-refractivity contribution in [3.05, 3.63) is 80.1 Å². The molecule has 0 saturated heterocycles. The zero-order valence-corrected chi connectivity index (χ0v) is 14.6. The molecule has 1 N–H and O–H groups in total. The minimum Gasteiger partial charge on any atom is -0.289 e. The molecule has 2 aromatic carbocycles. The third-order valence-corrected chi connectivity index (χ3v) is 4.02. The fourth-order valence-corrected chi connectivity index (χ4v) is 2.66. The molecule has 0 unspecified atom stereocenters. The van der Waals surface area contributed by atoms with E-state index in [4.69, 9.17) is 23.2 Å². The predicted molar refractivity (Wildman–Crippen MR) is 96.6 cm³/mol. The van der Waals surface area contributed by atoms with Crippen molar-refractivity contribution in [3.63, 3.8) is 0 Å². The van der Waals surface area contributed by atoms with Gasteiger partial charge in [-0.15, -0.1) is 5.10 Å². The molecule has 1 heterocycles. The Labute approximate surface area is 157 Å². The molecule has 0 aliphatic carbocycles. The number of hydrogen-bond donors (Lipinski definition) is 1. The average molecular weight is 392 g/mol. The molecule has 26 heavy (non-hydrogen) atoms. The molecular weight excluding hydrogens is 381 g/mol. The van der Waals surface area contributed by atoms with Crippen LogP contribution in [0, 0.1) is 10.1 Å². The van der Waals surface area contributed by atoms with E-state index in [0.29, 0.717) is 16.6 Å². The number of non-ortho nitro benzene ring substituents is 1. The SMILES string of the molecule is O=C(Nc1ncn(Cc2ccc(Cl)cc2Cl)n1)c1cccc([N+](=O)[O-])c1. The zero-order valence-electron chi connectivity index (χ0n) is 13.1. The number of amides is 1. The van der Waals surface area contributed by atoms with E-state index in [9.17, 15) is 14.9 Å². The van der Waals surface area contributed by atoms with Crippen LogP contribution in [0.25, 0.3) is 0 Å². The lowest BCUT2D eigenvalue weighted by Crippen LogP contribution is -2.13. The van der Waals surface area contributed by atoms with Crippen molar-refractivity contribution in [1.29, 1.82) is 0 Å². The molecule has 3 rings (SSSR count). The summed E-state index contributed by atoms with van der Waals surface area (Å²) in [5, 5.41) is 18.4. The van der Waals surface area contributed by atoms with Crippen LogP contribution in [0.2, 0.25) is 10.0 Å². The number of halogens is 2. The van der Waals surface area contributed by atoms with Gasteiger partial charge in [0.15, 0.2) is 0 Å². The summed E-state index contributed by atoms with van der Waals surface area (Å²) in [6.45, 7) is 0.343. The van der Waals surface area contributed by atoms with Crippen LogP contribution in [0.15, 0.2) is 48.8 Å². The Morgan fingerprint density at radius 2 is 2.04 bits per heavy atom. The first-order chi connectivity index (χ1) is 12.4. The van der Waals surface area contributed by atoms with E-state index in [-0.39, 0.29) is 17.2 Å². The van der Waals surface area contributed by atoms with Gasteiger partial charge in [-0.05, 0) is 23.8 Å². The third kappa shape index (κ3) is 4.16. The Bertz CT molecular complexity index is 990. The number of rotatable bonds is 5. The average Bonchev–Trinajstić information content (AvgIpc) is 3.04. The lowest BCUT2D eigenvalue weighted by molar-refractivity contribution is -0.384. The van der Waals surface area contributed by atoms with Gasteiger partial charge in [-0.3, -0.25) is 20.2 Å². The van der Waals surface area contributed by atoms with Gasteiger partial charge in [0.25, 0.3) is 11.6 Å². The summed E-state index contributed by atoms with van der Waals surface area (Å²) in [6.07, 6.45) is 1.44. The first-order valence-electron chi connectivity index (χ1n) is 7.31. The second-order valence-corrected chi connectivity index (χ2v) is 6.11. The van der Waals surface area contributed by atoms with Crippen molar-refractivity contribution in [2.75, 3.05) is 5.32 Å². The Kier molecular flexibility index (Phi) is 5.15. The van der Waals surface area contributed by atoms with E-state index < -0.39 is 10.8 Å². The first-order valence-corrected chi connectivity index (χ1v) is 8.07. The Morgan fingerprint density at radius 3 is 2.77 bits per heavy atom. The summed E-state index contributed by atoms with van der Waals surface area (Å²) in [5.41, 5.74) is 0.752. The van der Waals surface area contributed by atoms with Crippen LogP contribution < -0.4 is 5.32 Å². The Balaban J connectivity index is 1.71. The largest absolute Gasteiger partial charge is 0.289 e. The number of carbonyl (C=O) groups excluding carboxylic acids is 1. The normalized spacial score (nSPS) is 10.5. The second-order valence-electron chi connectivity index (χ2n) is 5.26. The standard InChI is InChI=1S/C16H11Cl2N5O3/c17-12-5-4-11(14(18)7-12)8-22-9-19-16(21-22)20-15(24)10-2-1-3-13(6-10)23(25)26/h1-7,9H,8H2,(H,20,21,24). The lowest BCUT2D eigenvalue weighted by Gasteiger charge is -2.04. The summed E-state index contributed by atoms with van der Waals surface area (Å²) in [5.74, 6) is -0.470. The molecule has 0 fully saturated rings. The number of hydrogen-bond acceptors (Lipinski definition) is 5. The van der Waals surface area contributed by atoms with Gasteiger partial charge in [-0.2, -0.15) is 0 Å². The number of carbonyl (C=O) groups is 1. The molecule has 10 heteroatoms. The summed E-state index contributed by atoms with van der Waals surface area (Å²) in [6, 6.07) is 10.5. The van der Waals surface area contributed by atoms with Crippen molar-refractivity contribution < 1.29 is 9.72 Å². The molecule has 8 nitrogen and oxygen atoms in total. The minimum absolute atomic E-state index is 0.0755. The molecular formula is C16H11Cl2N5O3. The number of nitrogens with zero attached hydrogens (tertiary/aromatic N) is 4. The molecule has 0 saturated carbocycles. The van der Waals surface area contributed by atoms with Gasteiger partial charge in [0.05, 0.1) is 11.5 Å². The van der Waals surface area contributed by atoms with Crippen LogP contribution in [0.3, 0.4) is 0 Å². The molecule has 0 aliphatic heterocycles. The fourth-order valence-electron chi connectivity index (χ4n) is 2.19. The van der Waals surface area contributed by atoms with E-state index in [1.165, 1.54) is 35.3 Å². The summed E-state index contributed by atoms with van der Waals surface area (Å²) in [4.78, 5) is 26.4. The van der Waals surface area contributed by atoms with Crippen molar-refractivity contribution in [3.8, 4) is 0 Å². The quantitative estimate of drug-likeness (QED) is 0.526. The van der Waals surface area contributed by atoms with Crippen molar-refractivity contribution in [2.24, 2.45) is 0 Å². The second kappa shape index (κ2) is 7.51. The van der Waals surface area contributed by atoms with E-state index in [2.05, 4.69) is 15.4 Å². The van der Waals surface area contributed by atoms with Gasteiger partial charge < -0.3 is 0 Å². The van der Waals surface area contributed by atoms with Gasteiger partial charge in [0.2, 0.25) is 5.95 Å². The minimum atomic E-state index is -0.570. The van der Waals surface area contributed by atoms with Crippen molar-refractivity contribution in [2.45, 2.75) is 6.54 Å². The van der Waals surface area contributed by atoms with Crippen molar-refractivity contribution in [1.82, 2.24) is 14.8 Å². The molecule has 1 amide bonds. The summed E-state index contributed by atoms with van der Waals surface area (Å²) < 4.78 is 1.50. The summed E-state index contributed by atoms with van der Waals surface area (Å²) >= 11 is 12.0. The molecule has 0 spiro atoms. The highest BCUT2D eigenvalue weighted by molar-refractivity contribution is 6.35. The van der Waals surface area contributed by atoms with Crippen LogP contribution in [-0.2, 0) is 6.54 Å². The fraction of sp³-hybridized carbons (Fsp3) is 0.0625. The van der Waals surface area contributed by atoms with Crippen molar-refractivity contribution >= 4 is 40.7 Å². The molecule has 3 aromatic rings. The van der Waals surface area contributed by atoms with Crippen LogP contribution in [0.1, 0.15) is 15.9 Å². The number of nitro groups is 1. The number of anilines is 1. The third-order valence-electron chi connectivity index (χ3n) is 3.43. The number of nitro benzene ring substituents is 1. The van der Waals surface area contributed by atoms with Gasteiger partial charge in [0, 0.05) is 27.7 Å². The zero-order chi connectivity index (χ0) is 18.7. The highest BCUT2D eigenvalue weighted by Crippen LogP contribution is 2.21. The van der Waals surface area contributed by atoms with E-state index >= 15 is 0 Å². The topological polar surface area (TPSA) is 103 Å². The van der Waals surface area contributed by atoms with Gasteiger partial charge in [-0.25, -0.2) is 9.67 Å². The van der Waals surface area contributed by atoms with Crippen LogP contribution in [0.4, 0.5) is 11.6 Å². The maximum Gasteiger partial charge on any atom is 0.270 e. The molecule has 0 radical (unpaired) electrons. The summed E-state index contributed by atoms with van der Waals surface area (Å²) in [7, 11) is 0. The smallest absolute Gasteiger partial charge is 0.270 e. The highest BCUT2D eigenvalue weighted by Gasteiger charge is 2.13. The van der Waals surface area contributed by atoms with Crippen LogP contribution >= 0.6 is 23.2 Å². The van der Waals surface area contributed by atoms with Gasteiger partial charge in [-0.1, -0.05) is 35.3 Å². The number of benzene rings is 2. The monoisotopic (exact) mass is 391 g/mol.